The lowest BCUT2D eigenvalue weighted by molar-refractivity contribution is 0.147. The van der Waals surface area contributed by atoms with E-state index >= 15 is 0 Å². The maximum atomic E-state index is 11.6. The first-order valence-corrected chi connectivity index (χ1v) is 11.9. The highest BCUT2D eigenvalue weighted by molar-refractivity contribution is 5.92. The van der Waals surface area contributed by atoms with Gasteiger partial charge in [0.2, 0.25) is 0 Å². The fraction of sp³-hybridized carbons (Fsp3) is 0.423. The number of ether oxygens (including phenoxy) is 1. The Morgan fingerprint density at radius 1 is 1.17 bits per heavy atom. The van der Waals surface area contributed by atoms with Crippen molar-refractivity contribution in [3.05, 3.63) is 48.0 Å². The first kappa shape index (κ1) is 25.0. The number of benzene rings is 2. The molecule has 2 aliphatic heterocycles. The van der Waals surface area contributed by atoms with Crippen molar-refractivity contribution in [3.63, 3.8) is 0 Å². The van der Waals surface area contributed by atoms with Crippen LogP contribution < -0.4 is 10.2 Å². The molecule has 0 radical (unpaired) electrons. The number of amides is 1. The van der Waals surface area contributed by atoms with Crippen molar-refractivity contribution in [2.75, 3.05) is 31.2 Å². The Balaban J connectivity index is 0.00000289. The molecule has 8 nitrogen and oxygen atoms in total. The number of para-hydroxylation sites is 1. The number of aromatic nitrogens is 2. The van der Waals surface area contributed by atoms with Crippen LogP contribution >= 0.6 is 12.4 Å². The van der Waals surface area contributed by atoms with Gasteiger partial charge >= 0.3 is 6.09 Å². The summed E-state index contributed by atoms with van der Waals surface area (Å²) in [6.07, 6.45) is 1.78. The molecule has 2 aromatic carbocycles. The number of piperidine rings is 1. The number of aromatic hydroxyl groups is 1. The van der Waals surface area contributed by atoms with Crippen molar-refractivity contribution < 1.29 is 19.7 Å². The molecule has 2 saturated heterocycles. The number of phenolic OH excluding ortho intramolecular Hbond substituents is 1. The topological polar surface area (TPSA) is 108 Å². The molecule has 2 aliphatic rings. The first-order chi connectivity index (χ1) is 16.5. The molecule has 0 aliphatic carbocycles. The second-order valence-corrected chi connectivity index (χ2v) is 9.36. The minimum absolute atomic E-state index is 0. The van der Waals surface area contributed by atoms with Crippen molar-refractivity contribution in [2.24, 2.45) is 11.8 Å². The van der Waals surface area contributed by atoms with Crippen LogP contribution in [0.15, 0.2) is 42.5 Å². The highest BCUT2D eigenvalue weighted by Crippen LogP contribution is 2.35. The van der Waals surface area contributed by atoms with E-state index in [-0.39, 0.29) is 36.0 Å². The molecule has 3 N–H and O–H groups in total. The van der Waals surface area contributed by atoms with Gasteiger partial charge in [0, 0.05) is 37.0 Å². The zero-order chi connectivity index (χ0) is 23.7. The van der Waals surface area contributed by atoms with Crippen LogP contribution in [-0.4, -0.2) is 58.6 Å². The van der Waals surface area contributed by atoms with E-state index in [2.05, 4.69) is 22.3 Å². The van der Waals surface area contributed by atoms with Gasteiger partial charge < -0.3 is 25.2 Å². The summed E-state index contributed by atoms with van der Waals surface area (Å²) in [4.78, 5) is 23.5. The summed E-state index contributed by atoms with van der Waals surface area (Å²) in [5, 5.41) is 23.7. The van der Waals surface area contributed by atoms with E-state index in [4.69, 9.17) is 14.7 Å². The van der Waals surface area contributed by atoms with Crippen molar-refractivity contribution in [2.45, 2.75) is 32.2 Å². The van der Waals surface area contributed by atoms with Gasteiger partial charge in [-0.15, -0.1) is 12.4 Å². The summed E-state index contributed by atoms with van der Waals surface area (Å²) >= 11 is 0. The van der Waals surface area contributed by atoms with Gasteiger partial charge in [-0.25, -0.2) is 14.8 Å². The number of nitrogens with zero attached hydrogens (tertiary/aromatic N) is 3. The molecule has 3 atom stereocenters. The molecule has 35 heavy (non-hydrogen) atoms. The quantitative estimate of drug-likeness (QED) is 0.471. The Hall–Kier alpha value is -3.10. The minimum Gasteiger partial charge on any atom is -0.507 e. The van der Waals surface area contributed by atoms with Gasteiger partial charge in [-0.3, -0.25) is 0 Å². The van der Waals surface area contributed by atoms with Crippen LogP contribution in [0.25, 0.3) is 22.3 Å². The number of carbonyl (C=O) groups is 1. The third-order valence-electron chi connectivity index (χ3n) is 7.01. The number of aryl methyl sites for hydroxylation is 1. The van der Waals surface area contributed by atoms with Crippen molar-refractivity contribution in [1.29, 1.82) is 0 Å². The smallest absolute Gasteiger partial charge is 0.404 e. The molecule has 1 aromatic heterocycles. The normalized spacial score (nSPS) is 20.9. The number of hydrogen-bond donors (Lipinski definition) is 3. The van der Waals surface area contributed by atoms with Crippen molar-refractivity contribution in [1.82, 2.24) is 15.3 Å². The van der Waals surface area contributed by atoms with Gasteiger partial charge in [-0.2, -0.15) is 0 Å². The Labute approximate surface area is 210 Å². The van der Waals surface area contributed by atoms with Crippen LogP contribution in [0, 0.1) is 18.8 Å². The lowest BCUT2D eigenvalue weighted by Gasteiger charge is -2.39. The van der Waals surface area contributed by atoms with Gasteiger partial charge in [-0.05, 0) is 61.9 Å². The average Bonchev–Trinajstić information content (AvgIpc) is 3.36. The monoisotopic (exact) mass is 498 g/mol. The fourth-order valence-corrected chi connectivity index (χ4v) is 5.34. The summed E-state index contributed by atoms with van der Waals surface area (Å²) in [5.41, 5.74) is 2.52. The SMILES string of the molecule is Cc1ccc2c(N3CCCC(C(NC(=O)O)C4CCOC4)C3)nc(-c3ccccc3O)nc2c1.Cl. The van der Waals surface area contributed by atoms with Crippen LogP contribution in [0.4, 0.5) is 10.6 Å². The summed E-state index contributed by atoms with van der Waals surface area (Å²) in [7, 11) is 0. The van der Waals surface area contributed by atoms with Crippen LogP contribution in [0.2, 0.25) is 0 Å². The molecule has 1 amide bonds. The highest BCUT2D eigenvalue weighted by atomic mass is 35.5. The zero-order valence-electron chi connectivity index (χ0n) is 19.7. The number of phenols is 1. The van der Waals surface area contributed by atoms with E-state index in [0.29, 0.717) is 31.1 Å². The fourth-order valence-electron chi connectivity index (χ4n) is 5.34. The van der Waals surface area contributed by atoms with Crippen LogP contribution in [0.1, 0.15) is 24.8 Å². The lowest BCUT2D eigenvalue weighted by Crippen LogP contribution is -2.51. The molecule has 3 heterocycles. The summed E-state index contributed by atoms with van der Waals surface area (Å²) in [5.74, 6) is 1.79. The molecule has 2 fully saturated rings. The van der Waals surface area contributed by atoms with E-state index in [9.17, 15) is 15.0 Å². The van der Waals surface area contributed by atoms with Crippen LogP contribution in [0.5, 0.6) is 5.75 Å². The van der Waals surface area contributed by atoms with Gasteiger partial charge in [-0.1, -0.05) is 18.2 Å². The number of carboxylic acid groups (broad SMARTS) is 1. The molecule has 9 heteroatoms. The number of rotatable bonds is 5. The number of nitrogens with one attached hydrogen (secondary N) is 1. The van der Waals surface area contributed by atoms with Crippen LogP contribution in [0.3, 0.4) is 0 Å². The summed E-state index contributed by atoms with van der Waals surface area (Å²) in [6.45, 7) is 4.83. The Bertz CT molecular complexity index is 1200. The molecule has 186 valence electrons. The standard InChI is InChI=1S/C26H30N4O4.ClH/c1-16-8-9-19-21(13-16)27-24(20-6-2-3-7-22(20)31)29-25(19)30-11-4-5-17(14-30)23(28-26(32)33)18-10-12-34-15-18;/h2-3,6-9,13,17-18,23,28,31H,4-5,10-12,14-15H2,1H3,(H,32,33);1H. The van der Waals surface area contributed by atoms with Crippen LogP contribution in [-0.2, 0) is 4.74 Å². The molecule has 0 saturated carbocycles. The Morgan fingerprint density at radius 2 is 2.00 bits per heavy atom. The summed E-state index contributed by atoms with van der Waals surface area (Å²) < 4.78 is 5.58. The van der Waals surface area contributed by atoms with Gasteiger partial charge in [0.05, 0.1) is 17.7 Å². The van der Waals surface area contributed by atoms with Crippen molar-refractivity contribution in [3.8, 4) is 17.1 Å². The molecular weight excluding hydrogens is 468 g/mol. The molecule has 5 rings (SSSR count). The largest absolute Gasteiger partial charge is 0.507 e. The molecular formula is C26H31ClN4O4. The molecule has 3 aromatic rings. The Kier molecular flexibility index (Phi) is 7.62. The number of hydrogen-bond acceptors (Lipinski definition) is 6. The minimum atomic E-state index is -0.987. The molecule has 3 unspecified atom stereocenters. The van der Waals surface area contributed by atoms with Gasteiger partial charge in [0.15, 0.2) is 5.82 Å². The Morgan fingerprint density at radius 3 is 2.74 bits per heavy atom. The third kappa shape index (κ3) is 5.28. The zero-order valence-corrected chi connectivity index (χ0v) is 20.5. The van der Waals surface area contributed by atoms with E-state index in [1.54, 1.807) is 12.1 Å². The number of anilines is 1. The van der Waals surface area contributed by atoms with Gasteiger partial charge in [0.1, 0.15) is 11.6 Å². The van der Waals surface area contributed by atoms with E-state index < -0.39 is 6.09 Å². The lowest BCUT2D eigenvalue weighted by atomic mass is 9.82. The molecule has 0 spiro atoms. The van der Waals surface area contributed by atoms with E-state index in [0.717, 1.165) is 48.1 Å². The predicted octanol–water partition coefficient (Wildman–Crippen LogP) is 4.62. The maximum Gasteiger partial charge on any atom is 0.404 e. The van der Waals surface area contributed by atoms with Gasteiger partial charge in [0.25, 0.3) is 0 Å². The summed E-state index contributed by atoms with van der Waals surface area (Å²) in [6, 6.07) is 13.1. The average molecular weight is 499 g/mol. The maximum absolute atomic E-state index is 11.6. The van der Waals surface area contributed by atoms with E-state index in [1.807, 2.05) is 25.1 Å². The highest BCUT2D eigenvalue weighted by Gasteiger charge is 2.36. The third-order valence-corrected chi connectivity index (χ3v) is 7.01. The second-order valence-electron chi connectivity index (χ2n) is 9.36. The second kappa shape index (κ2) is 10.7. The van der Waals surface area contributed by atoms with E-state index in [1.165, 1.54) is 0 Å². The number of halogens is 1. The van der Waals surface area contributed by atoms with Crippen molar-refractivity contribution >= 4 is 35.2 Å². The first-order valence-electron chi connectivity index (χ1n) is 11.9. The number of fused-ring (bicyclic) bond motifs is 1. The predicted molar refractivity (Wildman–Crippen MR) is 137 cm³/mol. The molecule has 0 bridgehead atoms.